The lowest BCUT2D eigenvalue weighted by Gasteiger charge is -2.31. The molecule has 0 aromatic carbocycles. The molecule has 0 atom stereocenters. The number of hydrogen-bond acceptors (Lipinski definition) is 2. The molecule has 13 heavy (non-hydrogen) atoms. The second-order valence-corrected chi connectivity index (χ2v) is 6.05. The molecule has 0 spiro atoms. The maximum Gasteiger partial charge on any atom is 0.0157 e. The van der Waals surface area contributed by atoms with Crippen molar-refractivity contribution in [2.45, 2.75) is 50.5 Å². The van der Waals surface area contributed by atoms with Gasteiger partial charge in [-0.15, -0.1) is 0 Å². The van der Waals surface area contributed by atoms with Crippen LogP contribution in [0.15, 0.2) is 0 Å². The zero-order valence-corrected chi connectivity index (χ0v) is 9.24. The Kier molecular flexibility index (Phi) is 3.20. The summed E-state index contributed by atoms with van der Waals surface area (Å²) in [6.45, 7) is 0. The second kappa shape index (κ2) is 4.22. The predicted molar refractivity (Wildman–Crippen MR) is 60.1 cm³/mol. The van der Waals surface area contributed by atoms with Crippen LogP contribution in [0.2, 0.25) is 0 Å². The smallest absolute Gasteiger partial charge is 0.0157 e. The van der Waals surface area contributed by atoms with E-state index in [0.29, 0.717) is 0 Å². The van der Waals surface area contributed by atoms with Gasteiger partial charge in [-0.25, -0.2) is 0 Å². The van der Waals surface area contributed by atoms with Crippen LogP contribution < -0.4 is 5.73 Å². The van der Waals surface area contributed by atoms with Gasteiger partial charge in [0.05, 0.1) is 0 Å². The standard InChI is InChI=1S/C11H21NS/c12-11(5-1-2-6-11)9-10-3-7-13-8-4-10/h10H,1-9,12H2. The second-order valence-electron chi connectivity index (χ2n) is 4.83. The summed E-state index contributed by atoms with van der Waals surface area (Å²) in [5.41, 5.74) is 6.63. The molecule has 2 rings (SSSR count). The van der Waals surface area contributed by atoms with Crippen LogP contribution in [0.1, 0.15) is 44.9 Å². The van der Waals surface area contributed by atoms with E-state index in [9.17, 15) is 0 Å². The van der Waals surface area contributed by atoms with Gasteiger partial charge in [0.25, 0.3) is 0 Å². The monoisotopic (exact) mass is 199 g/mol. The molecule has 2 aliphatic rings. The molecule has 2 N–H and O–H groups in total. The third kappa shape index (κ3) is 2.63. The maximum atomic E-state index is 6.38. The fraction of sp³-hybridized carbons (Fsp3) is 1.00. The van der Waals surface area contributed by atoms with Gasteiger partial charge in [0.2, 0.25) is 0 Å². The Labute approximate surface area is 85.8 Å². The van der Waals surface area contributed by atoms with Crippen molar-refractivity contribution in [2.75, 3.05) is 11.5 Å². The Hall–Kier alpha value is 0.310. The van der Waals surface area contributed by atoms with Gasteiger partial charge >= 0.3 is 0 Å². The topological polar surface area (TPSA) is 26.0 Å². The molecule has 0 bridgehead atoms. The Morgan fingerprint density at radius 1 is 1.15 bits per heavy atom. The van der Waals surface area contributed by atoms with Crippen molar-refractivity contribution in [3.05, 3.63) is 0 Å². The van der Waals surface area contributed by atoms with Gasteiger partial charge in [0, 0.05) is 5.54 Å². The van der Waals surface area contributed by atoms with Gasteiger partial charge < -0.3 is 5.73 Å². The molecule has 1 nitrogen and oxygen atoms in total. The molecular formula is C11H21NS. The van der Waals surface area contributed by atoms with Crippen molar-refractivity contribution >= 4 is 11.8 Å². The Morgan fingerprint density at radius 2 is 1.77 bits per heavy atom. The van der Waals surface area contributed by atoms with Crippen LogP contribution in [0.25, 0.3) is 0 Å². The Morgan fingerprint density at radius 3 is 2.38 bits per heavy atom. The lowest BCUT2D eigenvalue weighted by molar-refractivity contribution is 0.307. The zero-order valence-electron chi connectivity index (χ0n) is 8.43. The van der Waals surface area contributed by atoms with Gasteiger partial charge in [-0.3, -0.25) is 0 Å². The molecule has 76 valence electrons. The van der Waals surface area contributed by atoms with Crippen LogP contribution in [-0.2, 0) is 0 Å². The van der Waals surface area contributed by atoms with Gasteiger partial charge in [-0.05, 0) is 49.5 Å². The van der Waals surface area contributed by atoms with Crippen molar-refractivity contribution in [3.63, 3.8) is 0 Å². The van der Waals surface area contributed by atoms with Crippen LogP contribution in [-0.4, -0.2) is 17.0 Å². The summed E-state index contributed by atoms with van der Waals surface area (Å²) in [4.78, 5) is 0. The summed E-state index contributed by atoms with van der Waals surface area (Å²) >= 11 is 2.11. The van der Waals surface area contributed by atoms with E-state index in [-0.39, 0.29) is 5.54 Å². The van der Waals surface area contributed by atoms with Gasteiger partial charge in [0.1, 0.15) is 0 Å². The molecule has 0 unspecified atom stereocenters. The first-order valence-corrected chi connectivity index (χ1v) is 6.81. The predicted octanol–water partition coefficient (Wildman–Crippen LogP) is 2.79. The number of thioether (sulfide) groups is 1. The normalized spacial score (nSPS) is 29.3. The summed E-state index contributed by atoms with van der Waals surface area (Å²) in [6, 6.07) is 0. The molecule has 2 fully saturated rings. The minimum absolute atomic E-state index is 0.243. The molecule has 0 aromatic heterocycles. The molecule has 1 aliphatic carbocycles. The van der Waals surface area contributed by atoms with E-state index < -0.39 is 0 Å². The van der Waals surface area contributed by atoms with Crippen LogP contribution >= 0.6 is 11.8 Å². The number of hydrogen-bond donors (Lipinski definition) is 1. The molecule has 0 radical (unpaired) electrons. The highest BCUT2D eigenvalue weighted by Gasteiger charge is 2.32. The first kappa shape index (κ1) is 9.85. The van der Waals surface area contributed by atoms with E-state index in [1.54, 1.807) is 0 Å². The first-order valence-electron chi connectivity index (χ1n) is 5.65. The summed E-state index contributed by atoms with van der Waals surface area (Å²) in [6.07, 6.45) is 9.48. The Balaban J connectivity index is 1.81. The quantitative estimate of drug-likeness (QED) is 0.740. The molecule has 1 aliphatic heterocycles. The summed E-state index contributed by atoms with van der Waals surface area (Å²) in [7, 11) is 0. The fourth-order valence-electron chi connectivity index (χ4n) is 2.81. The van der Waals surface area contributed by atoms with Crippen molar-refractivity contribution in [2.24, 2.45) is 11.7 Å². The van der Waals surface area contributed by atoms with Gasteiger partial charge in [-0.1, -0.05) is 12.8 Å². The lowest BCUT2D eigenvalue weighted by atomic mass is 9.84. The Bertz CT molecular complexity index is 157. The number of nitrogens with two attached hydrogens (primary N) is 1. The van der Waals surface area contributed by atoms with E-state index in [2.05, 4.69) is 11.8 Å². The average Bonchev–Trinajstić information content (AvgIpc) is 2.54. The minimum atomic E-state index is 0.243. The summed E-state index contributed by atoms with van der Waals surface area (Å²) in [5.74, 6) is 3.70. The third-order valence-electron chi connectivity index (χ3n) is 3.64. The molecule has 0 amide bonds. The molecule has 2 heteroatoms. The van der Waals surface area contributed by atoms with Crippen molar-refractivity contribution in [1.29, 1.82) is 0 Å². The van der Waals surface area contributed by atoms with E-state index >= 15 is 0 Å². The van der Waals surface area contributed by atoms with Crippen molar-refractivity contribution in [3.8, 4) is 0 Å². The molecular weight excluding hydrogens is 178 g/mol. The van der Waals surface area contributed by atoms with Crippen LogP contribution in [0.3, 0.4) is 0 Å². The first-order chi connectivity index (χ1) is 6.29. The highest BCUT2D eigenvalue weighted by molar-refractivity contribution is 7.99. The zero-order chi connectivity index (χ0) is 9.15. The van der Waals surface area contributed by atoms with Crippen molar-refractivity contribution in [1.82, 2.24) is 0 Å². The van der Waals surface area contributed by atoms with Crippen molar-refractivity contribution < 1.29 is 0 Å². The highest BCUT2D eigenvalue weighted by Crippen LogP contribution is 2.36. The summed E-state index contributed by atoms with van der Waals surface area (Å²) < 4.78 is 0. The lowest BCUT2D eigenvalue weighted by Crippen LogP contribution is -2.39. The van der Waals surface area contributed by atoms with E-state index in [1.807, 2.05) is 0 Å². The molecule has 1 saturated heterocycles. The SMILES string of the molecule is NC1(CC2CCSCC2)CCCC1. The van der Waals surface area contributed by atoms with Gasteiger partial charge in [0.15, 0.2) is 0 Å². The molecule has 1 heterocycles. The largest absolute Gasteiger partial charge is 0.325 e. The molecule has 1 saturated carbocycles. The minimum Gasteiger partial charge on any atom is -0.325 e. The van der Waals surface area contributed by atoms with Gasteiger partial charge in [-0.2, -0.15) is 11.8 Å². The van der Waals surface area contributed by atoms with Crippen LogP contribution in [0.5, 0.6) is 0 Å². The average molecular weight is 199 g/mol. The van der Waals surface area contributed by atoms with Crippen LogP contribution in [0, 0.1) is 5.92 Å². The maximum absolute atomic E-state index is 6.38. The fourth-order valence-corrected chi connectivity index (χ4v) is 4.01. The van der Waals surface area contributed by atoms with E-state index in [4.69, 9.17) is 5.73 Å². The molecule has 0 aromatic rings. The number of rotatable bonds is 2. The third-order valence-corrected chi connectivity index (χ3v) is 4.68. The van der Waals surface area contributed by atoms with E-state index in [0.717, 1.165) is 5.92 Å². The van der Waals surface area contributed by atoms with E-state index in [1.165, 1.54) is 56.5 Å². The van der Waals surface area contributed by atoms with Crippen LogP contribution in [0.4, 0.5) is 0 Å². The summed E-state index contributed by atoms with van der Waals surface area (Å²) in [5, 5.41) is 0. The highest BCUT2D eigenvalue weighted by atomic mass is 32.2.